The van der Waals surface area contributed by atoms with E-state index < -0.39 is 0 Å². The Morgan fingerprint density at radius 1 is 1.03 bits per heavy atom. The van der Waals surface area contributed by atoms with Gasteiger partial charge in [-0.15, -0.1) is 0 Å². The van der Waals surface area contributed by atoms with Crippen LogP contribution in [0.15, 0.2) is 58.1 Å². The summed E-state index contributed by atoms with van der Waals surface area (Å²) in [5, 5.41) is 9.38. The Morgan fingerprint density at radius 3 is 2.35 bits per heavy atom. The number of anilines is 1. The molecule has 1 saturated heterocycles. The molecule has 0 aromatic heterocycles. The number of nitrogens with one attached hydrogen (secondary N) is 1. The molecule has 2 atom stereocenters. The first-order valence-electron chi connectivity index (χ1n) is 11.0. The minimum absolute atomic E-state index is 0.0906. The van der Waals surface area contributed by atoms with Gasteiger partial charge in [0, 0.05) is 23.5 Å². The van der Waals surface area contributed by atoms with E-state index in [4.69, 9.17) is 16.7 Å². The fourth-order valence-corrected chi connectivity index (χ4v) is 4.86. The van der Waals surface area contributed by atoms with Gasteiger partial charge in [0.25, 0.3) is 5.91 Å². The van der Waals surface area contributed by atoms with Crippen LogP contribution in [0.3, 0.4) is 0 Å². The van der Waals surface area contributed by atoms with Gasteiger partial charge in [-0.05, 0) is 42.7 Å². The zero-order chi connectivity index (χ0) is 21.8. The summed E-state index contributed by atoms with van der Waals surface area (Å²) in [6.07, 6.45) is 5.93. The van der Waals surface area contributed by atoms with Gasteiger partial charge >= 0.3 is 0 Å². The lowest BCUT2D eigenvalue weighted by Gasteiger charge is -2.28. The number of hydrazone groups is 1. The number of nitrogens with zero attached hydrogens (tertiary/aromatic N) is 3. The number of benzene rings is 2. The van der Waals surface area contributed by atoms with E-state index >= 15 is 0 Å². The van der Waals surface area contributed by atoms with Crippen molar-refractivity contribution >= 4 is 44.8 Å². The van der Waals surface area contributed by atoms with Crippen LogP contribution in [0.5, 0.6) is 0 Å². The fraction of sp³-hybridized carbons (Fsp3) is 0.417. The Balaban J connectivity index is 1.62. The van der Waals surface area contributed by atoms with E-state index in [1.54, 1.807) is 0 Å². The largest absolute Gasteiger partial charge is 0.284 e. The maximum absolute atomic E-state index is 13.3. The maximum atomic E-state index is 13.3. The number of hydrogen-bond acceptors (Lipinski definition) is 4. The van der Waals surface area contributed by atoms with Crippen LogP contribution < -0.4 is 10.4 Å². The van der Waals surface area contributed by atoms with Gasteiger partial charge in [0.15, 0.2) is 0 Å². The van der Waals surface area contributed by atoms with Crippen LogP contribution in [-0.4, -0.2) is 29.7 Å². The second kappa shape index (κ2) is 10.2. The molecule has 2 heterocycles. The predicted octanol–water partition coefficient (Wildman–Crippen LogP) is 5.95. The van der Waals surface area contributed by atoms with Gasteiger partial charge in [-0.25, -0.2) is 5.01 Å². The number of halogens is 2. The zero-order valence-electron chi connectivity index (χ0n) is 17.7. The van der Waals surface area contributed by atoms with Crippen molar-refractivity contribution in [3.05, 3.63) is 63.6 Å². The fourth-order valence-electron chi connectivity index (χ4n) is 4.37. The Bertz CT molecular complexity index is 941. The standard InChI is InChI=1S/C24H28BrClN4O/c1-17-22(24(31)28-29-15-7-3-2-4-8-16-29)27-30(21-10-6-5-9-20(21)26)23(17)18-11-13-19(25)14-12-18/h5-6,9-14,17,23H,2-4,7-8,15-16H2,1H3,(H,28,31). The van der Waals surface area contributed by atoms with Crippen LogP contribution in [0, 0.1) is 5.92 Å². The highest BCUT2D eigenvalue weighted by atomic mass is 79.9. The molecule has 0 spiro atoms. The van der Waals surface area contributed by atoms with Crippen molar-refractivity contribution in [1.82, 2.24) is 10.4 Å². The SMILES string of the molecule is CC1C(C(=O)NN2CCCCCCC2)=NN(c2ccccc2Cl)C1c1ccc(Br)cc1. The zero-order valence-corrected chi connectivity index (χ0v) is 20.1. The molecule has 0 bridgehead atoms. The second-order valence-corrected chi connectivity index (χ2v) is 9.58. The van der Waals surface area contributed by atoms with E-state index in [0.717, 1.165) is 41.7 Å². The summed E-state index contributed by atoms with van der Waals surface area (Å²) in [6.45, 7) is 3.84. The summed E-state index contributed by atoms with van der Waals surface area (Å²) in [4.78, 5) is 13.3. The average molecular weight is 504 g/mol. The number of carbonyl (C=O) groups is 1. The molecule has 2 unspecified atom stereocenters. The van der Waals surface area contributed by atoms with Crippen LogP contribution in [-0.2, 0) is 4.79 Å². The highest BCUT2D eigenvalue weighted by molar-refractivity contribution is 9.10. The summed E-state index contributed by atoms with van der Waals surface area (Å²) in [5.74, 6) is -0.211. The first-order chi connectivity index (χ1) is 15.0. The molecule has 0 saturated carbocycles. The molecule has 2 aliphatic heterocycles. The van der Waals surface area contributed by atoms with E-state index in [-0.39, 0.29) is 17.9 Å². The summed E-state index contributed by atoms with van der Waals surface area (Å²) in [6, 6.07) is 15.7. The van der Waals surface area contributed by atoms with Crippen LogP contribution in [0.1, 0.15) is 50.6 Å². The molecule has 0 radical (unpaired) electrons. The van der Waals surface area contributed by atoms with Gasteiger partial charge in [-0.2, -0.15) is 5.10 Å². The van der Waals surface area contributed by atoms with Crippen molar-refractivity contribution in [3.63, 3.8) is 0 Å². The third-order valence-corrected chi connectivity index (χ3v) is 6.89. The number of hydrazine groups is 1. The Labute approximate surface area is 197 Å². The minimum atomic E-state index is -0.121. The van der Waals surface area contributed by atoms with E-state index in [0.29, 0.717) is 10.7 Å². The summed E-state index contributed by atoms with van der Waals surface area (Å²) >= 11 is 10.0. The first-order valence-corrected chi connectivity index (χ1v) is 12.2. The first kappa shape index (κ1) is 22.3. The Hall–Kier alpha value is -1.89. The van der Waals surface area contributed by atoms with Crippen molar-refractivity contribution in [3.8, 4) is 0 Å². The molecular weight excluding hydrogens is 476 g/mol. The topological polar surface area (TPSA) is 47.9 Å². The summed E-state index contributed by atoms with van der Waals surface area (Å²) in [7, 11) is 0. The molecule has 1 amide bonds. The van der Waals surface area contributed by atoms with Gasteiger partial charge < -0.3 is 0 Å². The molecular formula is C24H28BrClN4O. The summed E-state index contributed by atoms with van der Waals surface area (Å²) in [5.41, 5.74) is 5.55. The van der Waals surface area contributed by atoms with Gasteiger partial charge in [0.2, 0.25) is 0 Å². The molecule has 5 nitrogen and oxygen atoms in total. The Morgan fingerprint density at radius 2 is 1.68 bits per heavy atom. The van der Waals surface area contributed by atoms with Gasteiger partial charge in [0.05, 0.1) is 16.8 Å². The van der Waals surface area contributed by atoms with E-state index in [1.165, 1.54) is 19.3 Å². The molecule has 164 valence electrons. The number of carbonyl (C=O) groups excluding carboxylic acids is 1. The minimum Gasteiger partial charge on any atom is -0.284 e. The monoisotopic (exact) mass is 502 g/mol. The lowest BCUT2D eigenvalue weighted by Crippen LogP contribution is -2.47. The predicted molar refractivity (Wildman–Crippen MR) is 130 cm³/mol. The van der Waals surface area contributed by atoms with Crippen molar-refractivity contribution in [2.45, 2.75) is 45.1 Å². The molecule has 1 fully saturated rings. The molecule has 31 heavy (non-hydrogen) atoms. The lowest BCUT2D eigenvalue weighted by atomic mass is 9.91. The molecule has 4 rings (SSSR count). The Kier molecular flexibility index (Phi) is 7.31. The van der Waals surface area contributed by atoms with Gasteiger partial charge in [-0.3, -0.25) is 15.2 Å². The van der Waals surface area contributed by atoms with Crippen molar-refractivity contribution in [2.75, 3.05) is 18.1 Å². The third-order valence-electron chi connectivity index (χ3n) is 6.04. The van der Waals surface area contributed by atoms with E-state index in [2.05, 4.69) is 45.4 Å². The van der Waals surface area contributed by atoms with E-state index in [1.807, 2.05) is 41.4 Å². The van der Waals surface area contributed by atoms with Crippen molar-refractivity contribution < 1.29 is 4.79 Å². The van der Waals surface area contributed by atoms with Crippen molar-refractivity contribution in [1.29, 1.82) is 0 Å². The number of amides is 1. The quantitative estimate of drug-likeness (QED) is 0.560. The highest BCUT2D eigenvalue weighted by Crippen LogP contribution is 2.41. The molecule has 1 N–H and O–H groups in total. The van der Waals surface area contributed by atoms with Crippen LogP contribution in [0.25, 0.3) is 0 Å². The second-order valence-electron chi connectivity index (χ2n) is 8.26. The lowest BCUT2D eigenvalue weighted by molar-refractivity contribution is -0.119. The maximum Gasteiger partial charge on any atom is 0.282 e. The van der Waals surface area contributed by atoms with Crippen LogP contribution in [0.4, 0.5) is 5.69 Å². The molecule has 2 aromatic rings. The number of hydrogen-bond donors (Lipinski definition) is 1. The molecule has 0 aliphatic carbocycles. The molecule has 7 heteroatoms. The highest BCUT2D eigenvalue weighted by Gasteiger charge is 2.40. The van der Waals surface area contributed by atoms with E-state index in [9.17, 15) is 4.79 Å². The van der Waals surface area contributed by atoms with Crippen LogP contribution in [0.2, 0.25) is 5.02 Å². The smallest absolute Gasteiger partial charge is 0.282 e. The van der Waals surface area contributed by atoms with Gasteiger partial charge in [-0.1, -0.05) is 78.0 Å². The van der Waals surface area contributed by atoms with Gasteiger partial charge in [0.1, 0.15) is 5.71 Å². The molecule has 2 aliphatic rings. The summed E-state index contributed by atoms with van der Waals surface area (Å²) < 4.78 is 1.02. The number of rotatable bonds is 4. The number of para-hydroxylation sites is 1. The van der Waals surface area contributed by atoms with Crippen molar-refractivity contribution in [2.24, 2.45) is 11.0 Å². The normalized spacial score (nSPS) is 22.5. The average Bonchev–Trinajstić information content (AvgIpc) is 3.08. The van der Waals surface area contributed by atoms with Crippen LogP contribution >= 0.6 is 27.5 Å². The molecule has 2 aromatic carbocycles. The third kappa shape index (κ3) is 5.13.